The van der Waals surface area contributed by atoms with E-state index in [0.717, 1.165) is 0 Å². The Labute approximate surface area is 99.3 Å². The van der Waals surface area contributed by atoms with E-state index in [2.05, 4.69) is 0 Å². The number of carbonyl (C=O) groups is 2. The number of carbonyl (C=O) groups excluding carboxylic acids is 1. The fourth-order valence-corrected chi connectivity index (χ4v) is 1.43. The minimum Gasteiger partial charge on any atom is -0.507 e. The Morgan fingerprint density at radius 3 is 2.53 bits per heavy atom. The Kier molecular flexibility index (Phi) is 4.51. The van der Waals surface area contributed by atoms with E-state index in [9.17, 15) is 14.7 Å². The number of carboxylic acid groups (broad SMARTS) is 1. The van der Waals surface area contributed by atoms with Gasteiger partial charge in [-0.3, -0.25) is 9.59 Å². The molecule has 2 N–H and O–H groups in total. The summed E-state index contributed by atoms with van der Waals surface area (Å²) in [5.41, 5.74) is 0.227. The summed E-state index contributed by atoms with van der Waals surface area (Å²) in [6.45, 7) is 0.347. The molecule has 0 unspecified atom stereocenters. The minimum absolute atomic E-state index is 0.0262. The molecule has 0 aliphatic rings. The molecule has 5 heteroatoms. The van der Waals surface area contributed by atoms with Crippen LogP contribution in [0.5, 0.6) is 5.75 Å². The molecule has 0 saturated carbocycles. The number of amides is 1. The lowest BCUT2D eigenvalue weighted by molar-refractivity contribution is -0.137. The van der Waals surface area contributed by atoms with Gasteiger partial charge in [0.25, 0.3) is 5.91 Å². The predicted octanol–water partition coefficient (Wildman–Crippen LogP) is 1.33. The topological polar surface area (TPSA) is 77.8 Å². The van der Waals surface area contributed by atoms with E-state index >= 15 is 0 Å². The summed E-state index contributed by atoms with van der Waals surface area (Å²) in [6, 6.07) is 6.28. The zero-order valence-electron chi connectivity index (χ0n) is 9.59. The van der Waals surface area contributed by atoms with E-state index in [1.165, 1.54) is 17.0 Å². The molecule has 0 fully saturated rings. The highest BCUT2D eigenvalue weighted by Crippen LogP contribution is 2.17. The molecule has 0 aromatic heterocycles. The summed E-state index contributed by atoms with van der Waals surface area (Å²) in [5.74, 6) is -1.26. The predicted molar refractivity (Wildman–Crippen MR) is 61.9 cm³/mol. The van der Waals surface area contributed by atoms with E-state index < -0.39 is 5.97 Å². The van der Waals surface area contributed by atoms with Crippen LogP contribution < -0.4 is 0 Å². The summed E-state index contributed by atoms with van der Waals surface area (Å²) >= 11 is 0. The van der Waals surface area contributed by atoms with Crippen molar-refractivity contribution >= 4 is 11.9 Å². The maximum atomic E-state index is 11.9. The fourth-order valence-electron chi connectivity index (χ4n) is 1.43. The van der Waals surface area contributed by atoms with Crippen LogP contribution in [0.25, 0.3) is 0 Å². The van der Waals surface area contributed by atoms with Gasteiger partial charge in [0, 0.05) is 20.0 Å². The normalized spacial score (nSPS) is 9.94. The van der Waals surface area contributed by atoms with E-state index in [1.807, 2.05) is 0 Å². The maximum Gasteiger partial charge on any atom is 0.303 e. The van der Waals surface area contributed by atoms with Gasteiger partial charge < -0.3 is 15.1 Å². The van der Waals surface area contributed by atoms with Gasteiger partial charge in [-0.05, 0) is 18.6 Å². The number of carboxylic acids is 1. The number of hydrogen-bond acceptors (Lipinski definition) is 3. The van der Waals surface area contributed by atoms with Gasteiger partial charge in [0.2, 0.25) is 0 Å². The molecular weight excluding hydrogens is 222 g/mol. The van der Waals surface area contributed by atoms with Crippen molar-refractivity contribution in [2.24, 2.45) is 0 Å². The molecule has 5 nitrogen and oxygen atoms in total. The molecule has 0 aliphatic carbocycles. The Bertz CT molecular complexity index is 417. The number of phenols is 1. The fraction of sp³-hybridized carbons (Fsp3) is 0.333. The SMILES string of the molecule is CN(CCCC(=O)O)C(=O)c1ccccc1O. The third-order valence-electron chi connectivity index (χ3n) is 2.37. The molecule has 0 saturated heterocycles. The van der Waals surface area contributed by atoms with Crippen LogP contribution in [0.4, 0.5) is 0 Å². The number of rotatable bonds is 5. The molecule has 1 aromatic carbocycles. The highest BCUT2D eigenvalue weighted by Gasteiger charge is 2.14. The van der Waals surface area contributed by atoms with Crippen LogP contribution in [0.15, 0.2) is 24.3 Å². The smallest absolute Gasteiger partial charge is 0.303 e. The Morgan fingerprint density at radius 2 is 1.94 bits per heavy atom. The van der Waals surface area contributed by atoms with Crippen molar-refractivity contribution in [2.45, 2.75) is 12.8 Å². The second-order valence-corrected chi connectivity index (χ2v) is 3.74. The zero-order chi connectivity index (χ0) is 12.8. The lowest BCUT2D eigenvalue weighted by Crippen LogP contribution is -2.28. The molecule has 0 radical (unpaired) electrons. The summed E-state index contributed by atoms with van der Waals surface area (Å²) in [6.07, 6.45) is 0.420. The largest absolute Gasteiger partial charge is 0.507 e. The third kappa shape index (κ3) is 3.79. The van der Waals surface area contributed by atoms with Crippen LogP contribution in [0.3, 0.4) is 0 Å². The second-order valence-electron chi connectivity index (χ2n) is 3.74. The summed E-state index contributed by atoms with van der Waals surface area (Å²) < 4.78 is 0. The molecule has 0 atom stereocenters. The van der Waals surface area contributed by atoms with Crippen molar-refractivity contribution in [1.29, 1.82) is 0 Å². The number of hydrogen-bond donors (Lipinski definition) is 2. The van der Waals surface area contributed by atoms with Gasteiger partial charge >= 0.3 is 5.97 Å². The lowest BCUT2D eigenvalue weighted by Gasteiger charge is -2.17. The standard InChI is InChI=1S/C12H15NO4/c1-13(8-4-7-11(15)16)12(17)9-5-2-3-6-10(9)14/h2-3,5-6,14H,4,7-8H2,1H3,(H,15,16). The first-order valence-electron chi connectivity index (χ1n) is 5.27. The molecule has 1 amide bonds. The van der Waals surface area contributed by atoms with Crippen molar-refractivity contribution in [1.82, 2.24) is 4.90 Å². The second kappa shape index (κ2) is 5.89. The van der Waals surface area contributed by atoms with Crippen LogP contribution in [0.2, 0.25) is 0 Å². The average Bonchev–Trinajstić information content (AvgIpc) is 2.28. The van der Waals surface area contributed by atoms with E-state index in [-0.39, 0.29) is 23.6 Å². The van der Waals surface area contributed by atoms with Crippen LogP contribution in [-0.2, 0) is 4.79 Å². The molecule has 0 aliphatic heterocycles. The maximum absolute atomic E-state index is 11.9. The number of benzene rings is 1. The molecule has 1 aromatic rings. The number of phenolic OH excluding ortho intramolecular Hbond substituents is 1. The lowest BCUT2D eigenvalue weighted by atomic mass is 10.1. The Hall–Kier alpha value is -2.04. The van der Waals surface area contributed by atoms with Gasteiger partial charge in [0.15, 0.2) is 0 Å². The molecule has 1 rings (SSSR count). The van der Waals surface area contributed by atoms with Gasteiger partial charge in [-0.15, -0.1) is 0 Å². The molecule has 17 heavy (non-hydrogen) atoms. The summed E-state index contributed by atoms with van der Waals surface area (Å²) in [7, 11) is 1.58. The summed E-state index contributed by atoms with van der Waals surface area (Å²) in [5, 5.41) is 18.0. The molecular formula is C12H15NO4. The highest BCUT2D eigenvalue weighted by atomic mass is 16.4. The molecule has 0 heterocycles. The van der Waals surface area contributed by atoms with Crippen LogP contribution in [0, 0.1) is 0 Å². The minimum atomic E-state index is -0.881. The molecule has 0 spiro atoms. The first-order valence-corrected chi connectivity index (χ1v) is 5.27. The molecule has 0 bridgehead atoms. The van der Waals surface area contributed by atoms with E-state index in [0.29, 0.717) is 13.0 Å². The Balaban J connectivity index is 2.58. The van der Waals surface area contributed by atoms with Crippen molar-refractivity contribution < 1.29 is 19.8 Å². The average molecular weight is 237 g/mol. The van der Waals surface area contributed by atoms with Crippen molar-refractivity contribution in [2.75, 3.05) is 13.6 Å². The third-order valence-corrected chi connectivity index (χ3v) is 2.37. The highest BCUT2D eigenvalue weighted by molar-refractivity contribution is 5.96. The number of aliphatic carboxylic acids is 1. The van der Waals surface area contributed by atoms with Crippen molar-refractivity contribution in [3.05, 3.63) is 29.8 Å². The number of aromatic hydroxyl groups is 1. The van der Waals surface area contributed by atoms with E-state index in [1.54, 1.807) is 19.2 Å². The van der Waals surface area contributed by atoms with Gasteiger partial charge in [0.1, 0.15) is 5.75 Å². The van der Waals surface area contributed by atoms with Gasteiger partial charge in [-0.1, -0.05) is 12.1 Å². The van der Waals surface area contributed by atoms with Crippen LogP contribution in [-0.4, -0.2) is 40.6 Å². The number of para-hydroxylation sites is 1. The van der Waals surface area contributed by atoms with Crippen molar-refractivity contribution in [3.63, 3.8) is 0 Å². The quantitative estimate of drug-likeness (QED) is 0.809. The van der Waals surface area contributed by atoms with Gasteiger partial charge in [-0.2, -0.15) is 0 Å². The first-order chi connectivity index (χ1) is 8.02. The summed E-state index contributed by atoms with van der Waals surface area (Å²) in [4.78, 5) is 23.6. The van der Waals surface area contributed by atoms with Crippen LogP contribution in [0.1, 0.15) is 23.2 Å². The first kappa shape index (κ1) is 13.0. The molecule has 92 valence electrons. The van der Waals surface area contributed by atoms with Gasteiger partial charge in [-0.25, -0.2) is 0 Å². The van der Waals surface area contributed by atoms with Crippen molar-refractivity contribution in [3.8, 4) is 5.75 Å². The zero-order valence-corrected chi connectivity index (χ0v) is 9.59. The number of nitrogens with zero attached hydrogens (tertiary/aromatic N) is 1. The monoisotopic (exact) mass is 237 g/mol. The Morgan fingerprint density at radius 1 is 1.29 bits per heavy atom. The van der Waals surface area contributed by atoms with Crippen LogP contribution >= 0.6 is 0 Å². The van der Waals surface area contributed by atoms with E-state index in [4.69, 9.17) is 5.11 Å². The van der Waals surface area contributed by atoms with Gasteiger partial charge in [0.05, 0.1) is 5.56 Å².